The summed E-state index contributed by atoms with van der Waals surface area (Å²) in [6.07, 6.45) is 5.00. The molecule has 6 aliphatic rings. The van der Waals surface area contributed by atoms with Crippen molar-refractivity contribution in [3.8, 4) is 0 Å². The van der Waals surface area contributed by atoms with E-state index < -0.39 is 42.9 Å². The fourth-order valence-corrected chi connectivity index (χ4v) is 12.5. The lowest BCUT2D eigenvalue weighted by atomic mass is 9.44. The van der Waals surface area contributed by atoms with Crippen LogP contribution in [0.5, 0.6) is 0 Å². The fraction of sp³-hybridized carbons (Fsp3) is 1.00. The van der Waals surface area contributed by atoms with Gasteiger partial charge in [0.2, 0.25) is 0 Å². The summed E-state index contributed by atoms with van der Waals surface area (Å²) in [5.41, 5.74) is -0.0818. The van der Waals surface area contributed by atoms with Gasteiger partial charge in [0, 0.05) is 5.41 Å². The maximum absolute atomic E-state index is 10.6. The van der Waals surface area contributed by atoms with Gasteiger partial charge < -0.3 is 34.6 Å². The molecule has 6 rings (SSSR count). The quantitative estimate of drug-likeness (QED) is 0.157. The standard InChI is InChI=1S/C35H59ClO7/c1-7-20(18(2)3)9-8-19(4)22-10-11-23-21-16-27(36)35-31(43-35)25(13-15-34(35,6)24(21)12-14-33(22,23)5)41-32-30(40)29(39)28(38)26(17-37)42-32/h18-32,37-40H,7-17H2,1-6H3/t19-,20-,21+,22-,23-,24+,25+,26+,27+,28+,29-,30+,31+,32+,33-,34-,35+/m1/s1. The van der Waals surface area contributed by atoms with E-state index in [4.69, 9.17) is 25.8 Å². The predicted octanol–water partition coefficient (Wildman–Crippen LogP) is 5.28. The van der Waals surface area contributed by atoms with E-state index in [1.54, 1.807) is 0 Å². The van der Waals surface area contributed by atoms with Gasteiger partial charge in [0.15, 0.2) is 6.29 Å². The first-order chi connectivity index (χ1) is 20.3. The van der Waals surface area contributed by atoms with E-state index in [2.05, 4.69) is 41.5 Å². The van der Waals surface area contributed by atoms with Crippen molar-refractivity contribution in [2.45, 2.75) is 160 Å². The lowest BCUT2D eigenvalue weighted by molar-refractivity contribution is -0.314. The topological polar surface area (TPSA) is 112 Å². The third-order valence-corrected chi connectivity index (χ3v) is 14.9. The van der Waals surface area contributed by atoms with E-state index in [0.29, 0.717) is 17.3 Å². The van der Waals surface area contributed by atoms with Crippen LogP contribution in [-0.4, -0.2) is 80.9 Å². The van der Waals surface area contributed by atoms with Crippen molar-refractivity contribution in [3.05, 3.63) is 0 Å². The van der Waals surface area contributed by atoms with Gasteiger partial charge in [0.05, 0.1) is 18.1 Å². The minimum Gasteiger partial charge on any atom is -0.394 e. The molecule has 0 aromatic carbocycles. The Morgan fingerprint density at radius 3 is 2.35 bits per heavy atom. The van der Waals surface area contributed by atoms with Crippen molar-refractivity contribution in [1.82, 2.24) is 0 Å². The summed E-state index contributed by atoms with van der Waals surface area (Å²) in [7, 11) is 0. The molecular formula is C35H59ClO7. The smallest absolute Gasteiger partial charge is 0.187 e. The maximum atomic E-state index is 10.6. The van der Waals surface area contributed by atoms with Crippen LogP contribution in [0.25, 0.3) is 0 Å². The first kappa shape index (κ1) is 32.9. The molecule has 6 fully saturated rings. The summed E-state index contributed by atoms with van der Waals surface area (Å²) >= 11 is 7.40. The Balaban J connectivity index is 1.14. The number of fused-ring (bicyclic) bond motifs is 4. The molecule has 0 bridgehead atoms. The second-order valence-corrected chi connectivity index (χ2v) is 17.0. The molecule has 17 atom stereocenters. The number of epoxide rings is 1. The van der Waals surface area contributed by atoms with Crippen LogP contribution >= 0.6 is 11.6 Å². The van der Waals surface area contributed by atoms with Crippen molar-refractivity contribution < 1.29 is 34.6 Å². The van der Waals surface area contributed by atoms with Gasteiger partial charge in [-0.05, 0) is 98.2 Å². The van der Waals surface area contributed by atoms with Crippen LogP contribution in [0.4, 0.5) is 0 Å². The number of alkyl halides is 1. The normalized spacial score (nSPS) is 53.9. The summed E-state index contributed by atoms with van der Waals surface area (Å²) < 4.78 is 18.6. The predicted molar refractivity (Wildman–Crippen MR) is 165 cm³/mol. The van der Waals surface area contributed by atoms with Crippen LogP contribution in [0.1, 0.15) is 106 Å². The highest BCUT2D eigenvalue weighted by atomic mass is 35.5. The first-order valence-corrected chi connectivity index (χ1v) is 18.1. The van der Waals surface area contributed by atoms with Crippen LogP contribution in [-0.2, 0) is 14.2 Å². The van der Waals surface area contributed by atoms with E-state index >= 15 is 0 Å². The van der Waals surface area contributed by atoms with Gasteiger partial charge in [0.1, 0.15) is 36.1 Å². The number of halogens is 1. The molecule has 2 aliphatic heterocycles. The Morgan fingerprint density at radius 2 is 1.67 bits per heavy atom. The zero-order valence-electron chi connectivity index (χ0n) is 27.3. The Hall–Kier alpha value is 0.01000. The van der Waals surface area contributed by atoms with Gasteiger partial charge in [0.25, 0.3) is 0 Å². The molecule has 8 heteroatoms. The van der Waals surface area contributed by atoms with E-state index in [0.717, 1.165) is 48.9 Å². The molecule has 2 heterocycles. The second kappa shape index (κ2) is 11.9. The van der Waals surface area contributed by atoms with E-state index in [1.807, 2.05) is 0 Å². The SMILES string of the molecule is CC[C@H](CC[C@@H](C)[C@H]1CC[C@@H]2[C@@H]3C[C@H](Cl)[C@]45O[C@H]4[C@@H](O[C@H]4O[C@@H](CO)[C@H](O)[C@@H](O)[C@@H]4O)CC[C@]5(C)[C@H]3CC[C@@]21C)C(C)C. The van der Waals surface area contributed by atoms with Gasteiger partial charge in [-0.3, -0.25) is 0 Å². The largest absolute Gasteiger partial charge is 0.394 e. The summed E-state index contributed by atoms with van der Waals surface area (Å²) in [6, 6.07) is 0. The molecule has 4 N–H and O–H groups in total. The third kappa shape index (κ3) is 5.00. The van der Waals surface area contributed by atoms with Crippen LogP contribution in [0.15, 0.2) is 0 Å². The molecule has 4 aliphatic carbocycles. The van der Waals surface area contributed by atoms with E-state index in [9.17, 15) is 20.4 Å². The Bertz CT molecular complexity index is 995. The first-order valence-electron chi connectivity index (χ1n) is 17.6. The van der Waals surface area contributed by atoms with Crippen LogP contribution in [0.2, 0.25) is 0 Å². The number of hydrogen-bond acceptors (Lipinski definition) is 7. The minimum absolute atomic E-state index is 0.0289. The summed E-state index contributed by atoms with van der Waals surface area (Å²) in [4.78, 5) is 0. The lowest BCUT2D eigenvalue weighted by Gasteiger charge is -2.61. The molecule has 0 unspecified atom stereocenters. The highest BCUT2D eigenvalue weighted by molar-refractivity contribution is 6.22. The average molecular weight is 627 g/mol. The zero-order chi connectivity index (χ0) is 31.1. The third-order valence-electron chi connectivity index (χ3n) is 14.4. The molecule has 43 heavy (non-hydrogen) atoms. The van der Waals surface area contributed by atoms with Crippen LogP contribution < -0.4 is 0 Å². The summed E-state index contributed by atoms with van der Waals surface area (Å²) in [5, 5.41) is 40.6. The van der Waals surface area contributed by atoms with Gasteiger partial charge in [-0.25, -0.2) is 0 Å². The fourth-order valence-electron chi connectivity index (χ4n) is 11.8. The highest BCUT2D eigenvalue weighted by Gasteiger charge is 2.80. The summed E-state index contributed by atoms with van der Waals surface area (Å²) in [6.45, 7) is 14.2. The highest BCUT2D eigenvalue weighted by Crippen LogP contribution is 2.74. The molecule has 1 spiro atoms. The number of hydrogen-bond donors (Lipinski definition) is 4. The molecule has 248 valence electrons. The Kier molecular flexibility index (Phi) is 9.12. The number of aliphatic hydroxyl groups is 4. The van der Waals surface area contributed by atoms with Crippen LogP contribution in [0, 0.1) is 52.3 Å². The van der Waals surface area contributed by atoms with Crippen molar-refractivity contribution in [1.29, 1.82) is 0 Å². The lowest BCUT2D eigenvalue weighted by Crippen LogP contribution is -2.64. The molecule has 0 aromatic rings. The van der Waals surface area contributed by atoms with Crippen LogP contribution in [0.3, 0.4) is 0 Å². The maximum Gasteiger partial charge on any atom is 0.187 e. The molecule has 0 amide bonds. The van der Waals surface area contributed by atoms with Crippen molar-refractivity contribution in [3.63, 3.8) is 0 Å². The average Bonchev–Trinajstić information content (AvgIpc) is 3.65. The monoisotopic (exact) mass is 626 g/mol. The second-order valence-electron chi connectivity index (χ2n) is 16.4. The molecular weight excluding hydrogens is 568 g/mol. The van der Waals surface area contributed by atoms with E-state index in [1.165, 1.54) is 44.9 Å². The molecule has 0 aromatic heterocycles. The molecule has 0 radical (unpaired) electrons. The number of rotatable bonds is 9. The van der Waals surface area contributed by atoms with Gasteiger partial charge in [-0.1, -0.05) is 54.4 Å². The molecule has 4 saturated carbocycles. The molecule has 2 saturated heterocycles. The van der Waals surface area contributed by atoms with Gasteiger partial charge in [-0.15, -0.1) is 11.6 Å². The Labute approximate surface area is 264 Å². The zero-order valence-corrected chi connectivity index (χ0v) is 28.1. The van der Waals surface area contributed by atoms with Gasteiger partial charge in [-0.2, -0.15) is 0 Å². The Morgan fingerprint density at radius 1 is 0.930 bits per heavy atom. The van der Waals surface area contributed by atoms with Crippen molar-refractivity contribution in [2.75, 3.05) is 6.61 Å². The molecule has 7 nitrogen and oxygen atoms in total. The van der Waals surface area contributed by atoms with E-state index in [-0.39, 0.29) is 23.0 Å². The van der Waals surface area contributed by atoms with Crippen molar-refractivity contribution in [2.24, 2.45) is 52.3 Å². The number of ether oxygens (including phenoxy) is 3. The number of aliphatic hydroxyl groups excluding tert-OH is 4. The minimum atomic E-state index is -1.45. The van der Waals surface area contributed by atoms with Gasteiger partial charge >= 0.3 is 0 Å². The summed E-state index contributed by atoms with van der Waals surface area (Å²) in [5.74, 6) is 5.10. The van der Waals surface area contributed by atoms with Crippen molar-refractivity contribution >= 4 is 11.6 Å².